The fourth-order valence-electron chi connectivity index (χ4n) is 2.46. The van der Waals surface area contributed by atoms with Crippen molar-refractivity contribution in [2.45, 2.75) is 37.6 Å². The number of hydrogen-bond donors (Lipinski definition) is 1. The molecule has 4 nitrogen and oxygen atoms in total. The van der Waals surface area contributed by atoms with Crippen LogP contribution in [0.3, 0.4) is 0 Å². The summed E-state index contributed by atoms with van der Waals surface area (Å²) in [5.41, 5.74) is 2.19. The second-order valence-electron chi connectivity index (χ2n) is 6.15. The summed E-state index contributed by atoms with van der Waals surface area (Å²) in [6.07, 6.45) is 0.932. The molecule has 27 heavy (non-hydrogen) atoms. The van der Waals surface area contributed by atoms with E-state index in [2.05, 4.69) is 5.32 Å². The first-order valence-corrected chi connectivity index (χ1v) is 9.86. The highest BCUT2D eigenvalue weighted by Gasteiger charge is 2.14. The average molecular weight is 389 g/mol. The summed E-state index contributed by atoms with van der Waals surface area (Å²) < 4.78 is 17.9. The normalized spacial score (nSPS) is 11.7. The van der Waals surface area contributed by atoms with E-state index >= 15 is 0 Å². The van der Waals surface area contributed by atoms with Gasteiger partial charge in [0.2, 0.25) is 0 Å². The zero-order valence-electron chi connectivity index (χ0n) is 15.5. The summed E-state index contributed by atoms with van der Waals surface area (Å²) in [4.78, 5) is 24.7. The van der Waals surface area contributed by atoms with Crippen LogP contribution < -0.4 is 5.32 Å². The van der Waals surface area contributed by atoms with Crippen LogP contribution in [0.2, 0.25) is 0 Å². The monoisotopic (exact) mass is 389 g/mol. The van der Waals surface area contributed by atoms with E-state index < -0.39 is 5.97 Å². The minimum atomic E-state index is -0.428. The lowest BCUT2D eigenvalue weighted by molar-refractivity contribution is -0.148. The maximum atomic E-state index is 12.8. The number of nitrogens with one attached hydrogen (secondary N) is 1. The van der Waals surface area contributed by atoms with Gasteiger partial charge >= 0.3 is 5.97 Å². The van der Waals surface area contributed by atoms with Crippen molar-refractivity contribution < 1.29 is 18.7 Å². The number of benzene rings is 2. The number of esters is 1. The van der Waals surface area contributed by atoms with E-state index in [9.17, 15) is 14.0 Å². The lowest BCUT2D eigenvalue weighted by atomic mass is 10.0. The Bertz CT molecular complexity index is 747. The molecule has 144 valence electrons. The molecule has 0 aliphatic carbocycles. The summed E-state index contributed by atoms with van der Waals surface area (Å²) in [5.74, 6) is -0.529. The Morgan fingerprint density at radius 1 is 1.11 bits per heavy atom. The Hall–Kier alpha value is -2.34. The maximum Gasteiger partial charge on any atom is 0.307 e. The molecule has 0 aliphatic rings. The molecule has 0 heterocycles. The minimum absolute atomic E-state index is 0.106. The quantitative estimate of drug-likeness (QED) is 0.509. The van der Waals surface area contributed by atoms with Crippen molar-refractivity contribution in [1.29, 1.82) is 0 Å². The fourth-order valence-corrected chi connectivity index (χ4v) is 3.29. The number of thioether (sulfide) groups is 1. The SMILES string of the molecule is CC[C@H](NC(=O)COC(=O)CCSc1ccc(F)cc1)c1ccc(C)cc1. The summed E-state index contributed by atoms with van der Waals surface area (Å²) >= 11 is 1.44. The molecule has 6 heteroatoms. The third-order valence-corrected chi connectivity index (χ3v) is 4.99. The summed E-state index contributed by atoms with van der Waals surface area (Å²) in [7, 11) is 0. The highest BCUT2D eigenvalue weighted by molar-refractivity contribution is 7.99. The molecule has 0 radical (unpaired) electrons. The third-order valence-electron chi connectivity index (χ3n) is 3.98. The van der Waals surface area contributed by atoms with Gasteiger partial charge < -0.3 is 10.1 Å². The number of carbonyl (C=O) groups is 2. The molecule has 0 spiro atoms. The number of amides is 1. The highest BCUT2D eigenvalue weighted by atomic mass is 32.2. The molecule has 0 saturated heterocycles. The summed E-state index contributed by atoms with van der Waals surface area (Å²) in [6, 6.07) is 14.0. The largest absolute Gasteiger partial charge is 0.456 e. The van der Waals surface area contributed by atoms with Gasteiger partial charge in [0.1, 0.15) is 5.82 Å². The topological polar surface area (TPSA) is 55.4 Å². The molecular formula is C21H24FNO3S. The van der Waals surface area contributed by atoms with E-state index in [1.54, 1.807) is 12.1 Å². The predicted octanol–water partition coefficient (Wildman–Crippen LogP) is 4.43. The lowest BCUT2D eigenvalue weighted by Crippen LogP contribution is -2.32. The van der Waals surface area contributed by atoms with E-state index in [1.165, 1.54) is 23.9 Å². The van der Waals surface area contributed by atoms with Crippen molar-refractivity contribution in [2.75, 3.05) is 12.4 Å². The van der Waals surface area contributed by atoms with Gasteiger partial charge in [-0.2, -0.15) is 0 Å². The molecule has 2 rings (SSSR count). The van der Waals surface area contributed by atoms with Gasteiger partial charge in [-0.15, -0.1) is 11.8 Å². The Balaban J connectivity index is 1.69. The highest BCUT2D eigenvalue weighted by Crippen LogP contribution is 2.19. The van der Waals surface area contributed by atoms with Gasteiger partial charge in [-0.3, -0.25) is 9.59 Å². The zero-order chi connectivity index (χ0) is 19.6. The molecule has 0 fully saturated rings. The molecule has 0 unspecified atom stereocenters. The van der Waals surface area contributed by atoms with Crippen LogP contribution in [-0.2, 0) is 14.3 Å². The van der Waals surface area contributed by atoms with Crippen LogP contribution in [0.5, 0.6) is 0 Å². The van der Waals surface area contributed by atoms with Crippen LogP contribution >= 0.6 is 11.8 Å². The first-order valence-electron chi connectivity index (χ1n) is 8.88. The van der Waals surface area contributed by atoms with Crippen LogP contribution in [0.1, 0.15) is 36.9 Å². The first kappa shape index (κ1) is 21.0. The molecule has 0 aromatic heterocycles. The van der Waals surface area contributed by atoms with Gasteiger partial charge in [-0.05, 0) is 43.2 Å². The zero-order valence-corrected chi connectivity index (χ0v) is 16.4. The van der Waals surface area contributed by atoms with Gasteiger partial charge in [0.05, 0.1) is 12.5 Å². The predicted molar refractivity (Wildman–Crippen MR) is 105 cm³/mol. The molecule has 0 saturated carbocycles. The minimum Gasteiger partial charge on any atom is -0.456 e. The number of halogens is 1. The van der Waals surface area contributed by atoms with Crippen molar-refractivity contribution in [3.8, 4) is 0 Å². The molecule has 0 aliphatic heterocycles. The average Bonchev–Trinajstić information content (AvgIpc) is 2.67. The van der Waals surface area contributed by atoms with Crippen LogP contribution in [-0.4, -0.2) is 24.2 Å². The molecule has 0 bridgehead atoms. The van der Waals surface area contributed by atoms with Gasteiger partial charge in [-0.25, -0.2) is 4.39 Å². The van der Waals surface area contributed by atoms with Gasteiger partial charge in [0, 0.05) is 10.6 Å². The Kier molecular flexibility index (Phi) is 8.33. The number of carbonyl (C=O) groups excluding carboxylic acids is 2. The van der Waals surface area contributed by atoms with E-state index in [0.29, 0.717) is 5.75 Å². The van der Waals surface area contributed by atoms with Crippen molar-refractivity contribution in [3.63, 3.8) is 0 Å². The standard InChI is InChI=1S/C21H24FNO3S/c1-3-19(16-6-4-15(2)5-7-16)23-20(24)14-26-21(25)12-13-27-18-10-8-17(22)9-11-18/h4-11,19H,3,12-14H2,1-2H3,(H,23,24)/t19-/m0/s1. The molecule has 2 aromatic rings. The van der Waals surface area contributed by atoms with Crippen LogP contribution in [0, 0.1) is 12.7 Å². The number of aryl methyl sites for hydroxylation is 1. The third kappa shape index (κ3) is 7.43. The van der Waals surface area contributed by atoms with E-state index in [0.717, 1.165) is 22.4 Å². The Labute approximate surface area is 163 Å². The van der Waals surface area contributed by atoms with E-state index in [-0.39, 0.29) is 30.8 Å². The summed E-state index contributed by atoms with van der Waals surface area (Å²) in [6.45, 7) is 3.71. The number of rotatable bonds is 9. The number of ether oxygens (including phenoxy) is 1. The lowest BCUT2D eigenvalue weighted by Gasteiger charge is -2.17. The second kappa shape index (κ2) is 10.7. The Morgan fingerprint density at radius 3 is 2.41 bits per heavy atom. The summed E-state index contributed by atoms with van der Waals surface area (Å²) in [5, 5.41) is 2.89. The molecule has 1 N–H and O–H groups in total. The van der Waals surface area contributed by atoms with E-state index in [1.807, 2.05) is 38.1 Å². The van der Waals surface area contributed by atoms with Gasteiger partial charge in [0.15, 0.2) is 6.61 Å². The van der Waals surface area contributed by atoms with Crippen molar-refractivity contribution in [1.82, 2.24) is 5.32 Å². The van der Waals surface area contributed by atoms with Crippen molar-refractivity contribution in [3.05, 3.63) is 65.5 Å². The molecule has 2 aromatic carbocycles. The fraction of sp³-hybridized carbons (Fsp3) is 0.333. The molecular weight excluding hydrogens is 365 g/mol. The first-order chi connectivity index (χ1) is 13.0. The molecule has 1 amide bonds. The van der Waals surface area contributed by atoms with Crippen LogP contribution in [0.15, 0.2) is 53.4 Å². The smallest absolute Gasteiger partial charge is 0.307 e. The Morgan fingerprint density at radius 2 is 1.78 bits per heavy atom. The number of hydrogen-bond acceptors (Lipinski definition) is 4. The van der Waals surface area contributed by atoms with Gasteiger partial charge in [-0.1, -0.05) is 36.8 Å². The van der Waals surface area contributed by atoms with Gasteiger partial charge in [0.25, 0.3) is 5.91 Å². The van der Waals surface area contributed by atoms with Crippen LogP contribution in [0.4, 0.5) is 4.39 Å². The van der Waals surface area contributed by atoms with Crippen molar-refractivity contribution in [2.24, 2.45) is 0 Å². The maximum absolute atomic E-state index is 12.8. The van der Waals surface area contributed by atoms with Crippen LogP contribution in [0.25, 0.3) is 0 Å². The molecule has 1 atom stereocenters. The van der Waals surface area contributed by atoms with Crippen molar-refractivity contribution >= 4 is 23.6 Å². The van der Waals surface area contributed by atoms with E-state index in [4.69, 9.17) is 4.74 Å². The second-order valence-corrected chi connectivity index (χ2v) is 7.32.